The number of benzene rings is 2. The second kappa shape index (κ2) is 3.73. The van der Waals surface area contributed by atoms with E-state index in [1.54, 1.807) is 24.3 Å². The molecule has 4 nitrogen and oxygen atoms in total. The number of para-hydroxylation sites is 2. The fourth-order valence-corrected chi connectivity index (χ4v) is 2.00. The normalized spacial score (nSPS) is 10.9. The minimum absolute atomic E-state index is 0.150. The van der Waals surface area contributed by atoms with Crippen LogP contribution in [0.25, 0.3) is 16.7 Å². The Kier molecular flexibility index (Phi) is 2.19. The quantitative estimate of drug-likeness (QED) is 0.642. The van der Waals surface area contributed by atoms with Gasteiger partial charge in [0.1, 0.15) is 5.82 Å². The van der Waals surface area contributed by atoms with Crippen molar-refractivity contribution in [3.63, 3.8) is 0 Å². The molecule has 1 aromatic heterocycles. The van der Waals surface area contributed by atoms with Crippen molar-refractivity contribution in [3.05, 3.63) is 58.8 Å². The Bertz CT molecular complexity index is 788. The number of H-pyrrole nitrogens is 1. The zero-order chi connectivity index (χ0) is 12.7. The zero-order valence-corrected chi connectivity index (χ0v) is 9.35. The minimum atomic E-state index is -0.490. The van der Waals surface area contributed by atoms with Crippen molar-refractivity contribution in [2.75, 3.05) is 5.73 Å². The maximum Gasteiger partial charge on any atom is 0.331 e. The van der Waals surface area contributed by atoms with Gasteiger partial charge in [-0.15, -0.1) is 0 Å². The number of rotatable bonds is 1. The molecule has 1 heterocycles. The van der Waals surface area contributed by atoms with Gasteiger partial charge in [0.05, 0.1) is 16.7 Å². The van der Waals surface area contributed by atoms with Crippen LogP contribution in [0.1, 0.15) is 0 Å². The lowest BCUT2D eigenvalue weighted by Gasteiger charge is -2.05. The molecule has 0 aliphatic carbocycles. The fourth-order valence-electron chi connectivity index (χ4n) is 2.00. The number of nitrogens with one attached hydrogen (secondary N) is 1. The number of hydrogen-bond donors (Lipinski definition) is 2. The number of nitrogen functional groups attached to an aromatic ring is 1. The molecule has 0 aliphatic rings. The van der Waals surface area contributed by atoms with E-state index in [4.69, 9.17) is 5.73 Å². The van der Waals surface area contributed by atoms with Crippen molar-refractivity contribution in [3.8, 4) is 5.69 Å². The lowest BCUT2D eigenvalue weighted by atomic mass is 10.2. The van der Waals surface area contributed by atoms with Gasteiger partial charge in [-0.25, -0.2) is 9.18 Å². The van der Waals surface area contributed by atoms with Crippen LogP contribution < -0.4 is 11.4 Å². The summed E-state index contributed by atoms with van der Waals surface area (Å²) in [5, 5.41) is 0. The maximum atomic E-state index is 13.8. The van der Waals surface area contributed by atoms with Crippen LogP contribution in [0.15, 0.2) is 47.3 Å². The highest BCUT2D eigenvalue weighted by molar-refractivity contribution is 5.77. The average Bonchev–Trinajstić information content (AvgIpc) is 2.68. The molecule has 0 saturated carbocycles. The summed E-state index contributed by atoms with van der Waals surface area (Å²) in [5.74, 6) is -0.490. The van der Waals surface area contributed by atoms with Crippen LogP contribution in [0, 0.1) is 5.82 Å². The van der Waals surface area contributed by atoms with Gasteiger partial charge in [-0.2, -0.15) is 0 Å². The van der Waals surface area contributed by atoms with Crippen LogP contribution >= 0.6 is 0 Å². The van der Waals surface area contributed by atoms with Gasteiger partial charge in [0.15, 0.2) is 0 Å². The highest BCUT2D eigenvalue weighted by Gasteiger charge is 2.12. The van der Waals surface area contributed by atoms with E-state index < -0.39 is 5.82 Å². The molecule has 90 valence electrons. The van der Waals surface area contributed by atoms with Crippen molar-refractivity contribution < 1.29 is 4.39 Å². The third-order valence-corrected chi connectivity index (χ3v) is 2.80. The first-order valence-electron chi connectivity index (χ1n) is 5.42. The number of imidazole rings is 1. The number of nitrogens with zero attached hydrogens (tertiary/aromatic N) is 1. The average molecular weight is 243 g/mol. The number of aromatic nitrogens is 2. The summed E-state index contributed by atoms with van der Waals surface area (Å²) in [6, 6.07) is 11.2. The van der Waals surface area contributed by atoms with E-state index in [1.165, 1.54) is 22.8 Å². The van der Waals surface area contributed by atoms with E-state index in [9.17, 15) is 9.18 Å². The Hall–Kier alpha value is -2.56. The van der Waals surface area contributed by atoms with E-state index in [1.807, 2.05) is 0 Å². The first-order valence-corrected chi connectivity index (χ1v) is 5.42. The van der Waals surface area contributed by atoms with Crippen LogP contribution in [0.5, 0.6) is 0 Å². The van der Waals surface area contributed by atoms with Gasteiger partial charge in [0.25, 0.3) is 0 Å². The number of nitrogens with two attached hydrogens (primary N) is 1. The SMILES string of the molecule is Nc1ccc(F)c(-n2c(=O)[nH]c3ccccc32)c1. The summed E-state index contributed by atoms with van der Waals surface area (Å²) in [6.07, 6.45) is 0. The van der Waals surface area contributed by atoms with Gasteiger partial charge in [0, 0.05) is 5.69 Å². The van der Waals surface area contributed by atoms with Gasteiger partial charge >= 0.3 is 5.69 Å². The third-order valence-electron chi connectivity index (χ3n) is 2.80. The number of anilines is 1. The van der Waals surface area contributed by atoms with E-state index >= 15 is 0 Å². The van der Waals surface area contributed by atoms with Gasteiger partial charge in [-0.05, 0) is 30.3 Å². The summed E-state index contributed by atoms with van der Waals surface area (Å²) < 4.78 is 15.1. The second-order valence-corrected chi connectivity index (χ2v) is 3.99. The molecule has 0 radical (unpaired) electrons. The zero-order valence-electron chi connectivity index (χ0n) is 9.35. The van der Waals surface area contributed by atoms with Crippen LogP contribution in [0.3, 0.4) is 0 Å². The topological polar surface area (TPSA) is 63.8 Å². The maximum absolute atomic E-state index is 13.8. The summed E-state index contributed by atoms with van der Waals surface area (Å²) in [5.41, 5.74) is 7.08. The minimum Gasteiger partial charge on any atom is -0.399 e. The summed E-state index contributed by atoms with van der Waals surface area (Å²) in [7, 11) is 0. The summed E-state index contributed by atoms with van der Waals surface area (Å²) in [6.45, 7) is 0. The van der Waals surface area contributed by atoms with Crippen molar-refractivity contribution in [1.29, 1.82) is 0 Å². The molecule has 0 spiro atoms. The van der Waals surface area contributed by atoms with Crippen LogP contribution in [-0.4, -0.2) is 9.55 Å². The Labute approximate surface area is 101 Å². The molecule has 0 saturated heterocycles. The highest BCUT2D eigenvalue weighted by atomic mass is 19.1. The van der Waals surface area contributed by atoms with E-state index in [0.29, 0.717) is 16.7 Å². The smallest absolute Gasteiger partial charge is 0.331 e. The van der Waals surface area contributed by atoms with Crippen LogP contribution in [0.4, 0.5) is 10.1 Å². The molecule has 3 rings (SSSR count). The Balaban J connectivity index is 2.41. The fraction of sp³-hybridized carbons (Fsp3) is 0. The predicted octanol–water partition coefficient (Wildman–Crippen LogP) is 2.04. The van der Waals surface area contributed by atoms with E-state index in [0.717, 1.165) is 0 Å². The number of hydrogen-bond acceptors (Lipinski definition) is 2. The molecule has 0 atom stereocenters. The third kappa shape index (κ3) is 1.48. The molecule has 18 heavy (non-hydrogen) atoms. The molecule has 2 aromatic carbocycles. The van der Waals surface area contributed by atoms with Crippen LogP contribution in [0.2, 0.25) is 0 Å². The second-order valence-electron chi connectivity index (χ2n) is 3.99. The summed E-state index contributed by atoms with van der Waals surface area (Å²) >= 11 is 0. The molecule has 3 aromatic rings. The van der Waals surface area contributed by atoms with Crippen molar-refractivity contribution >= 4 is 16.7 Å². The van der Waals surface area contributed by atoms with Crippen LogP contribution in [-0.2, 0) is 0 Å². The lowest BCUT2D eigenvalue weighted by molar-refractivity contribution is 0.618. The number of aromatic amines is 1. The molecular formula is C13H10FN3O. The van der Waals surface area contributed by atoms with E-state index in [2.05, 4.69) is 4.98 Å². The Morgan fingerprint density at radius 2 is 1.94 bits per heavy atom. The number of fused-ring (bicyclic) bond motifs is 1. The van der Waals surface area contributed by atoms with Gasteiger partial charge in [-0.1, -0.05) is 12.1 Å². The molecule has 0 fully saturated rings. The molecule has 0 amide bonds. The number of halogens is 1. The first-order chi connectivity index (χ1) is 8.66. The largest absolute Gasteiger partial charge is 0.399 e. The van der Waals surface area contributed by atoms with Crippen molar-refractivity contribution in [1.82, 2.24) is 9.55 Å². The van der Waals surface area contributed by atoms with Crippen molar-refractivity contribution in [2.45, 2.75) is 0 Å². The van der Waals surface area contributed by atoms with Gasteiger partial charge < -0.3 is 10.7 Å². The highest BCUT2D eigenvalue weighted by Crippen LogP contribution is 2.19. The molecule has 0 bridgehead atoms. The van der Waals surface area contributed by atoms with Crippen molar-refractivity contribution in [2.24, 2.45) is 0 Å². The van der Waals surface area contributed by atoms with Gasteiger partial charge in [-0.3, -0.25) is 4.57 Å². The van der Waals surface area contributed by atoms with Gasteiger partial charge in [0.2, 0.25) is 0 Å². The molecule has 0 aliphatic heterocycles. The monoisotopic (exact) mass is 243 g/mol. The lowest BCUT2D eigenvalue weighted by Crippen LogP contribution is -2.16. The molecule has 0 unspecified atom stereocenters. The van der Waals surface area contributed by atoms with E-state index in [-0.39, 0.29) is 11.4 Å². The first kappa shape index (κ1) is 10.6. The predicted molar refractivity (Wildman–Crippen MR) is 68.3 cm³/mol. The Morgan fingerprint density at radius 3 is 2.78 bits per heavy atom. The Morgan fingerprint density at radius 1 is 1.17 bits per heavy atom. The molecule has 3 N–H and O–H groups in total. The molecular weight excluding hydrogens is 233 g/mol. The molecule has 5 heteroatoms. The standard InChI is InChI=1S/C13H10FN3O/c14-9-6-5-8(15)7-12(9)17-11-4-2-1-3-10(11)16-13(17)18/h1-7H,15H2,(H,16,18). The summed E-state index contributed by atoms with van der Waals surface area (Å²) in [4.78, 5) is 14.6.